The van der Waals surface area contributed by atoms with E-state index in [1.54, 1.807) is 6.26 Å². The van der Waals surface area contributed by atoms with Crippen LogP contribution in [0.15, 0.2) is 0 Å². The number of hydrogen-bond donors (Lipinski definition) is 1. The van der Waals surface area contributed by atoms with Gasteiger partial charge in [-0.3, -0.25) is 4.21 Å². The molecule has 0 aromatic carbocycles. The van der Waals surface area contributed by atoms with E-state index in [4.69, 9.17) is 0 Å². The molecule has 1 saturated carbocycles. The van der Waals surface area contributed by atoms with Crippen molar-refractivity contribution in [3.8, 4) is 0 Å². The van der Waals surface area contributed by atoms with Gasteiger partial charge >= 0.3 is 0 Å². The summed E-state index contributed by atoms with van der Waals surface area (Å²) in [4.78, 5) is 0. The van der Waals surface area contributed by atoms with E-state index in [9.17, 15) is 4.21 Å². The summed E-state index contributed by atoms with van der Waals surface area (Å²) in [6.07, 6.45) is 5.07. The lowest BCUT2D eigenvalue weighted by Crippen LogP contribution is -2.21. The zero-order chi connectivity index (χ0) is 12.3. The summed E-state index contributed by atoms with van der Waals surface area (Å²) >= 11 is 0. The molecule has 1 N–H and O–H groups in total. The highest BCUT2D eigenvalue weighted by molar-refractivity contribution is 7.84. The summed E-state index contributed by atoms with van der Waals surface area (Å²) in [5.74, 6) is 1.56. The Bertz CT molecular complexity index is 390. The van der Waals surface area contributed by atoms with Gasteiger partial charge in [0.2, 0.25) is 0 Å². The van der Waals surface area contributed by atoms with Gasteiger partial charge in [0.1, 0.15) is 0 Å². The van der Waals surface area contributed by atoms with E-state index in [1.165, 1.54) is 12.8 Å². The molecular formula is C10H19N5OS. The maximum Gasteiger partial charge on any atom is 0.165 e. The topological polar surface area (TPSA) is 72.7 Å². The standard InChI is InChI=1S/C10H19N5OS/c1-8(5-6-17(2)16)15-10(12-13-14-15)7-11-9-3-4-9/h8-9,11H,3-7H2,1-2H3. The molecule has 2 rings (SSSR count). The number of nitrogens with one attached hydrogen (secondary N) is 1. The first-order chi connectivity index (χ1) is 8.16. The molecule has 2 atom stereocenters. The minimum Gasteiger partial charge on any atom is -0.307 e. The van der Waals surface area contributed by atoms with Gasteiger partial charge in [0.05, 0.1) is 12.6 Å². The van der Waals surface area contributed by atoms with Crippen molar-refractivity contribution < 1.29 is 4.21 Å². The molecule has 0 saturated heterocycles. The predicted octanol–water partition coefficient (Wildman–Crippen LogP) is 0.255. The highest BCUT2D eigenvalue weighted by atomic mass is 32.2. The number of hydrogen-bond acceptors (Lipinski definition) is 5. The molecular weight excluding hydrogens is 238 g/mol. The van der Waals surface area contributed by atoms with E-state index >= 15 is 0 Å². The molecule has 1 aromatic rings. The molecule has 17 heavy (non-hydrogen) atoms. The fourth-order valence-electron chi connectivity index (χ4n) is 1.65. The van der Waals surface area contributed by atoms with Crippen LogP contribution >= 0.6 is 0 Å². The molecule has 2 unspecified atom stereocenters. The Morgan fingerprint density at radius 2 is 2.35 bits per heavy atom. The van der Waals surface area contributed by atoms with Gasteiger partial charge in [-0.1, -0.05) is 0 Å². The van der Waals surface area contributed by atoms with Crippen molar-refractivity contribution in [1.82, 2.24) is 25.5 Å². The molecule has 1 heterocycles. The third-order valence-electron chi connectivity index (χ3n) is 2.93. The molecule has 96 valence electrons. The molecule has 1 aliphatic rings. The number of aromatic nitrogens is 4. The maximum atomic E-state index is 11.1. The van der Waals surface area contributed by atoms with Gasteiger partial charge in [-0.15, -0.1) is 5.10 Å². The van der Waals surface area contributed by atoms with Gasteiger partial charge in [-0.2, -0.15) is 0 Å². The Balaban J connectivity index is 1.89. The van der Waals surface area contributed by atoms with E-state index in [-0.39, 0.29) is 6.04 Å². The minimum absolute atomic E-state index is 0.199. The first-order valence-electron chi connectivity index (χ1n) is 5.97. The Labute approximate surface area is 104 Å². The van der Waals surface area contributed by atoms with Crippen LogP contribution in [0.3, 0.4) is 0 Å². The lowest BCUT2D eigenvalue weighted by Gasteiger charge is -2.12. The van der Waals surface area contributed by atoms with Crippen molar-refractivity contribution in [2.75, 3.05) is 12.0 Å². The zero-order valence-corrected chi connectivity index (χ0v) is 11.1. The van der Waals surface area contributed by atoms with Gasteiger partial charge < -0.3 is 5.32 Å². The van der Waals surface area contributed by atoms with Crippen molar-refractivity contribution in [3.63, 3.8) is 0 Å². The summed E-state index contributed by atoms with van der Waals surface area (Å²) in [7, 11) is -0.753. The van der Waals surface area contributed by atoms with Crippen LogP contribution in [0.1, 0.15) is 38.1 Å². The molecule has 1 fully saturated rings. The quantitative estimate of drug-likeness (QED) is 0.758. The fourth-order valence-corrected chi connectivity index (χ4v) is 2.33. The molecule has 0 radical (unpaired) electrons. The smallest absolute Gasteiger partial charge is 0.165 e. The summed E-state index contributed by atoms with van der Waals surface area (Å²) in [5, 5.41) is 15.1. The van der Waals surface area contributed by atoms with Crippen molar-refractivity contribution in [2.24, 2.45) is 0 Å². The van der Waals surface area contributed by atoms with E-state index in [2.05, 4.69) is 27.8 Å². The second kappa shape index (κ2) is 5.68. The van der Waals surface area contributed by atoms with Crippen LogP contribution < -0.4 is 5.32 Å². The lowest BCUT2D eigenvalue weighted by atomic mass is 10.2. The van der Waals surface area contributed by atoms with E-state index in [0.717, 1.165) is 18.8 Å². The number of tetrazole rings is 1. The third kappa shape index (κ3) is 3.85. The third-order valence-corrected chi connectivity index (χ3v) is 3.74. The highest BCUT2D eigenvalue weighted by Gasteiger charge is 2.22. The first kappa shape index (κ1) is 12.6. The van der Waals surface area contributed by atoms with Crippen LogP contribution in [0, 0.1) is 0 Å². The van der Waals surface area contributed by atoms with Crippen LogP contribution in [0.2, 0.25) is 0 Å². The summed E-state index contributed by atoms with van der Waals surface area (Å²) in [5.41, 5.74) is 0. The zero-order valence-electron chi connectivity index (χ0n) is 10.3. The average Bonchev–Trinajstić information content (AvgIpc) is 3.00. The van der Waals surface area contributed by atoms with Crippen molar-refractivity contribution in [1.29, 1.82) is 0 Å². The maximum absolute atomic E-state index is 11.1. The van der Waals surface area contributed by atoms with Gasteiger partial charge in [0, 0.05) is 28.9 Å². The van der Waals surface area contributed by atoms with Crippen molar-refractivity contribution >= 4 is 10.8 Å². The Morgan fingerprint density at radius 3 is 3.00 bits per heavy atom. The molecule has 1 aliphatic carbocycles. The molecule has 0 aliphatic heterocycles. The average molecular weight is 257 g/mol. The summed E-state index contributed by atoms with van der Waals surface area (Å²) in [6.45, 7) is 2.78. The second-order valence-electron chi connectivity index (χ2n) is 4.61. The monoisotopic (exact) mass is 257 g/mol. The number of nitrogens with zero attached hydrogens (tertiary/aromatic N) is 4. The highest BCUT2D eigenvalue weighted by Crippen LogP contribution is 2.19. The second-order valence-corrected chi connectivity index (χ2v) is 6.16. The summed E-state index contributed by atoms with van der Waals surface area (Å²) < 4.78 is 12.9. The molecule has 6 nitrogen and oxygen atoms in total. The van der Waals surface area contributed by atoms with Crippen LogP contribution in [0.25, 0.3) is 0 Å². The molecule has 1 aromatic heterocycles. The molecule has 0 bridgehead atoms. The van der Waals surface area contributed by atoms with Crippen LogP contribution in [-0.4, -0.2) is 42.5 Å². The predicted molar refractivity (Wildman–Crippen MR) is 65.9 cm³/mol. The Morgan fingerprint density at radius 1 is 1.59 bits per heavy atom. The Kier molecular flexibility index (Phi) is 4.22. The number of rotatable bonds is 7. The fraction of sp³-hybridized carbons (Fsp3) is 0.900. The van der Waals surface area contributed by atoms with Gasteiger partial charge in [0.15, 0.2) is 5.82 Å². The van der Waals surface area contributed by atoms with Crippen LogP contribution in [-0.2, 0) is 17.3 Å². The van der Waals surface area contributed by atoms with Crippen molar-refractivity contribution in [3.05, 3.63) is 5.82 Å². The van der Waals surface area contributed by atoms with E-state index in [1.807, 2.05) is 4.68 Å². The van der Waals surface area contributed by atoms with Gasteiger partial charge in [0.25, 0.3) is 0 Å². The van der Waals surface area contributed by atoms with E-state index < -0.39 is 10.8 Å². The van der Waals surface area contributed by atoms with Gasteiger partial charge in [-0.25, -0.2) is 4.68 Å². The lowest BCUT2D eigenvalue weighted by molar-refractivity contribution is 0.441. The molecule has 0 spiro atoms. The molecule has 7 heteroatoms. The van der Waals surface area contributed by atoms with Crippen LogP contribution in [0.4, 0.5) is 0 Å². The van der Waals surface area contributed by atoms with Gasteiger partial charge in [-0.05, 0) is 36.6 Å². The normalized spacial score (nSPS) is 19.2. The van der Waals surface area contributed by atoms with Crippen LogP contribution in [0.5, 0.6) is 0 Å². The molecule has 0 amide bonds. The first-order valence-corrected chi connectivity index (χ1v) is 7.69. The van der Waals surface area contributed by atoms with E-state index in [0.29, 0.717) is 11.8 Å². The minimum atomic E-state index is -0.753. The summed E-state index contributed by atoms with van der Waals surface area (Å²) in [6, 6.07) is 0.850. The largest absolute Gasteiger partial charge is 0.307 e. The SMILES string of the molecule is CC(CCS(C)=O)n1nnnc1CNC1CC1. The van der Waals surface area contributed by atoms with Crippen molar-refractivity contribution in [2.45, 2.75) is 44.8 Å². The Hall–Kier alpha value is -0.820.